The second kappa shape index (κ2) is 4.98. The van der Waals surface area contributed by atoms with Crippen LogP contribution in [0, 0.1) is 18.6 Å². The van der Waals surface area contributed by atoms with E-state index >= 15 is 0 Å². The third-order valence-corrected chi connectivity index (χ3v) is 3.13. The Labute approximate surface area is 112 Å². The van der Waals surface area contributed by atoms with Gasteiger partial charge >= 0.3 is 0 Å². The number of benzene rings is 2. The highest BCUT2D eigenvalue weighted by molar-refractivity contribution is 9.10. The van der Waals surface area contributed by atoms with Gasteiger partial charge in [-0.25, -0.2) is 8.78 Å². The molecule has 0 N–H and O–H groups in total. The Balaban J connectivity index is 2.55. The SMILES string of the molecule is Cc1ccc(Br)cc1C(=O)c1cccc(F)c1F. The van der Waals surface area contributed by atoms with E-state index in [1.165, 1.54) is 12.1 Å². The average molecular weight is 311 g/mol. The summed E-state index contributed by atoms with van der Waals surface area (Å²) in [6.07, 6.45) is 0. The molecule has 0 aliphatic carbocycles. The van der Waals surface area contributed by atoms with E-state index in [1.807, 2.05) is 0 Å². The molecule has 2 aromatic carbocycles. The van der Waals surface area contributed by atoms with Gasteiger partial charge in [-0.05, 0) is 36.8 Å². The quantitative estimate of drug-likeness (QED) is 0.757. The molecular weight excluding hydrogens is 302 g/mol. The van der Waals surface area contributed by atoms with E-state index in [2.05, 4.69) is 15.9 Å². The van der Waals surface area contributed by atoms with Crippen LogP contribution in [0.1, 0.15) is 21.5 Å². The Morgan fingerprint density at radius 1 is 1.11 bits per heavy atom. The van der Waals surface area contributed by atoms with Crippen molar-refractivity contribution in [2.45, 2.75) is 6.92 Å². The van der Waals surface area contributed by atoms with Gasteiger partial charge in [0.2, 0.25) is 0 Å². The summed E-state index contributed by atoms with van der Waals surface area (Å²) in [5, 5.41) is 0. The predicted molar refractivity (Wildman–Crippen MR) is 68.7 cm³/mol. The van der Waals surface area contributed by atoms with Crippen LogP contribution >= 0.6 is 15.9 Å². The van der Waals surface area contributed by atoms with Crippen molar-refractivity contribution >= 4 is 21.7 Å². The summed E-state index contributed by atoms with van der Waals surface area (Å²) in [5.74, 6) is -2.65. The number of carbonyl (C=O) groups is 1. The maximum absolute atomic E-state index is 13.6. The Hall–Kier alpha value is -1.55. The minimum absolute atomic E-state index is 0.254. The largest absolute Gasteiger partial charge is 0.288 e. The van der Waals surface area contributed by atoms with Crippen LogP contribution in [0.4, 0.5) is 8.78 Å². The molecule has 18 heavy (non-hydrogen) atoms. The summed E-state index contributed by atoms with van der Waals surface area (Å²) < 4.78 is 27.4. The lowest BCUT2D eigenvalue weighted by Gasteiger charge is -2.07. The fraction of sp³-hybridized carbons (Fsp3) is 0.0714. The van der Waals surface area contributed by atoms with Gasteiger partial charge in [0.15, 0.2) is 17.4 Å². The molecule has 0 fully saturated rings. The molecule has 2 rings (SSSR count). The van der Waals surface area contributed by atoms with Gasteiger partial charge in [0, 0.05) is 10.0 Å². The third kappa shape index (κ3) is 2.34. The summed E-state index contributed by atoms with van der Waals surface area (Å²) in [7, 11) is 0. The number of hydrogen-bond acceptors (Lipinski definition) is 1. The topological polar surface area (TPSA) is 17.1 Å². The molecule has 0 amide bonds. The Morgan fingerprint density at radius 3 is 2.56 bits per heavy atom. The highest BCUT2D eigenvalue weighted by atomic mass is 79.9. The molecule has 92 valence electrons. The molecule has 0 aliphatic heterocycles. The van der Waals surface area contributed by atoms with Crippen molar-refractivity contribution in [2.75, 3.05) is 0 Å². The van der Waals surface area contributed by atoms with Crippen LogP contribution in [-0.4, -0.2) is 5.78 Å². The van der Waals surface area contributed by atoms with E-state index in [-0.39, 0.29) is 5.56 Å². The van der Waals surface area contributed by atoms with Crippen LogP contribution in [0.3, 0.4) is 0 Å². The predicted octanol–water partition coefficient (Wildman–Crippen LogP) is 4.27. The average Bonchev–Trinajstić information content (AvgIpc) is 2.35. The van der Waals surface area contributed by atoms with Gasteiger partial charge in [-0.1, -0.05) is 28.1 Å². The first-order valence-electron chi connectivity index (χ1n) is 5.25. The van der Waals surface area contributed by atoms with E-state index in [0.717, 1.165) is 6.07 Å². The smallest absolute Gasteiger partial charge is 0.196 e. The minimum atomic E-state index is -1.11. The molecule has 0 heterocycles. The van der Waals surface area contributed by atoms with Gasteiger partial charge in [0.25, 0.3) is 0 Å². The van der Waals surface area contributed by atoms with E-state index in [9.17, 15) is 13.6 Å². The fourth-order valence-corrected chi connectivity index (χ4v) is 2.02. The molecule has 0 saturated carbocycles. The van der Waals surface area contributed by atoms with Crippen molar-refractivity contribution in [3.63, 3.8) is 0 Å². The Bertz CT molecular complexity index is 619. The molecule has 0 unspecified atom stereocenters. The summed E-state index contributed by atoms with van der Waals surface area (Å²) >= 11 is 3.25. The summed E-state index contributed by atoms with van der Waals surface area (Å²) in [5.41, 5.74) is 0.817. The Morgan fingerprint density at radius 2 is 1.83 bits per heavy atom. The van der Waals surface area contributed by atoms with Gasteiger partial charge in [-0.15, -0.1) is 0 Å². The molecule has 0 aliphatic rings. The molecule has 0 radical (unpaired) electrons. The molecule has 0 saturated heterocycles. The number of ketones is 1. The van der Waals surface area contributed by atoms with Gasteiger partial charge in [-0.2, -0.15) is 0 Å². The first kappa shape index (κ1) is 12.9. The van der Waals surface area contributed by atoms with Crippen molar-refractivity contribution in [3.05, 3.63) is 69.2 Å². The molecule has 0 aromatic heterocycles. The number of halogens is 3. The second-order valence-corrected chi connectivity index (χ2v) is 4.81. The van der Waals surface area contributed by atoms with Crippen molar-refractivity contribution in [1.82, 2.24) is 0 Å². The highest BCUT2D eigenvalue weighted by Crippen LogP contribution is 2.21. The van der Waals surface area contributed by atoms with Crippen molar-refractivity contribution < 1.29 is 13.6 Å². The van der Waals surface area contributed by atoms with Gasteiger partial charge in [0.05, 0.1) is 5.56 Å². The highest BCUT2D eigenvalue weighted by Gasteiger charge is 2.18. The van der Waals surface area contributed by atoms with E-state index < -0.39 is 17.4 Å². The normalized spacial score (nSPS) is 10.4. The summed E-state index contributed by atoms with van der Waals surface area (Å²) in [6, 6.07) is 8.71. The summed E-state index contributed by atoms with van der Waals surface area (Å²) in [6.45, 7) is 1.75. The van der Waals surface area contributed by atoms with Crippen LogP contribution in [0.15, 0.2) is 40.9 Å². The third-order valence-electron chi connectivity index (χ3n) is 2.64. The lowest BCUT2D eigenvalue weighted by atomic mass is 9.99. The van der Waals surface area contributed by atoms with Crippen molar-refractivity contribution in [1.29, 1.82) is 0 Å². The van der Waals surface area contributed by atoms with E-state index in [0.29, 0.717) is 15.6 Å². The van der Waals surface area contributed by atoms with E-state index in [4.69, 9.17) is 0 Å². The standard InChI is InChI=1S/C14H9BrF2O/c1-8-5-6-9(15)7-11(8)14(18)10-3-2-4-12(16)13(10)17/h2-7H,1H3. The zero-order chi connectivity index (χ0) is 13.3. The molecular formula is C14H9BrF2O. The van der Waals surface area contributed by atoms with Gasteiger partial charge in [-0.3, -0.25) is 4.79 Å². The number of hydrogen-bond donors (Lipinski definition) is 0. The first-order chi connectivity index (χ1) is 8.50. The fourth-order valence-electron chi connectivity index (χ4n) is 1.66. The zero-order valence-electron chi connectivity index (χ0n) is 9.51. The van der Waals surface area contributed by atoms with Crippen molar-refractivity contribution in [3.8, 4) is 0 Å². The van der Waals surface area contributed by atoms with Crippen LogP contribution in [0.5, 0.6) is 0 Å². The lowest BCUT2D eigenvalue weighted by molar-refractivity contribution is 0.103. The molecule has 0 spiro atoms. The van der Waals surface area contributed by atoms with Crippen molar-refractivity contribution in [2.24, 2.45) is 0 Å². The summed E-state index contributed by atoms with van der Waals surface area (Å²) in [4.78, 5) is 12.2. The first-order valence-corrected chi connectivity index (χ1v) is 6.05. The molecule has 0 bridgehead atoms. The maximum atomic E-state index is 13.6. The monoisotopic (exact) mass is 310 g/mol. The van der Waals surface area contributed by atoms with E-state index in [1.54, 1.807) is 25.1 Å². The minimum Gasteiger partial charge on any atom is -0.288 e. The molecule has 0 atom stereocenters. The van der Waals surface area contributed by atoms with Crippen LogP contribution in [-0.2, 0) is 0 Å². The molecule has 4 heteroatoms. The number of aryl methyl sites for hydroxylation is 1. The lowest BCUT2D eigenvalue weighted by Crippen LogP contribution is -2.07. The van der Waals surface area contributed by atoms with Crippen LogP contribution < -0.4 is 0 Å². The molecule has 1 nitrogen and oxygen atoms in total. The number of carbonyl (C=O) groups excluding carboxylic acids is 1. The van der Waals surface area contributed by atoms with Crippen LogP contribution in [0.2, 0.25) is 0 Å². The zero-order valence-corrected chi connectivity index (χ0v) is 11.1. The second-order valence-electron chi connectivity index (χ2n) is 3.89. The maximum Gasteiger partial charge on any atom is 0.196 e. The molecule has 2 aromatic rings. The number of rotatable bonds is 2. The van der Waals surface area contributed by atoms with Crippen LogP contribution in [0.25, 0.3) is 0 Å². The van der Waals surface area contributed by atoms with Gasteiger partial charge in [0.1, 0.15) is 0 Å². The Kier molecular flexibility index (Phi) is 3.57. The van der Waals surface area contributed by atoms with Gasteiger partial charge < -0.3 is 0 Å².